The van der Waals surface area contributed by atoms with Crippen molar-refractivity contribution in [1.82, 2.24) is 24.6 Å². The highest BCUT2D eigenvalue weighted by Crippen LogP contribution is 2.24. The van der Waals surface area contributed by atoms with Gasteiger partial charge in [0.1, 0.15) is 18.3 Å². The number of hydrogen-bond acceptors (Lipinski definition) is 5. The van der Waals surface area contributed by atoms with Crippen LogP contribution < -0.4 is 0 Å². The van der Waals surface area contributed by atoms with E-state index >= 15 is 0 Å². The molecule has 0 N–H and O–H groups in total. The minimum Gasteiger partial charge on any atom is -0.335 e. The molecule has 0 spiro atoms. The molecule has 3 rings (SSSR count). The maximum absolute atomic E-state index is 12.6. The quantitative estimate of drug-likeness (QED) is 0.873. The maximum Gasteiger partial charge on any atom is 0.273 e. The van der Waals surface area contributed by atoms with Gasteiger partial charge in [-0.15, -0.1) is 11.3 Å². The Hall–Kier alpha value is -1.76. The molecule has 1 saturated heterocycles. The number of likely N-dealkylation sites (tertiary alicyclic amines) is 1. The van der Waals surface area contributed by atoms with E-state index in [4.69, 9.17) is 0 Å². The van der Waals surface area contributed by atoms with Crippen LogP contribution in [-0.2, 0) is 0 Å². The Labute approximate surface area is 127 Å². The summed E-state index contributed by atoms with van der Waals surface area (Å²) < 4.78 is 1.85. The lowest BCUT2D eigenvalue weighted by molar-refractivity contribution is 0.0667. The van der Waals surface area contributed by atoms with Crippen LogP contribution in [0.25, 0.3) is 0 Å². The van der Waals surface area contributed by atoms with E-state index in [1.54, 1.807) is 17.7 Å². The molecule has 0 aliphatic carbocycles. The van der Waals surface area contributed by atoms with Gasteiger partial charge in [-0.3, -0.25) is 4.79 Å². The minimum absolute atomic E-state index is 0.0305. The molecule has 0 saturated carbocycles. The molecule has 0 bridgehead atoms. The van der Waals surface area contributed by atoms with E-state index < -0.39 is 0 Å². The van der Waals surface area contributed by atoms with Crippen LogP contribution in [0.1, 0.15) is 54.1 Å². The average Bonchev–Trinajstić information content (AvgIpc) is 3.18. The topological polar surface area (TPSA) is 63.9 Å². The SMILES string of the molecule is CC(C)c1nc(C(=O)N2CCCC(n3cncn3)C2)cs1. The van der Waals surface area contributed by atoms with Gasteiger partial charge in [-0.2, -0.15) is 5.10 Å². The Morgan fingerprint density at radius 2 is 2.33 bits per heavy atom. The summed E-state index contributed by atoms with van der Waals surface area (Å²) in [6.45, 7) is 5.65. The summed E-state index contributed by atoms with van der Waals surface area (Å²) in [6.07, 6.45) is 5.27. The molecule has 1 fully saturated rings. The Morgan fingerprint density at radius 1 is 1.48 bits per heavy atom. The van der Waals surface area contributed by atoms with Crippen LogP contribution in [0.2, 0.25) is 0 Å². The number of amides is 1. The Kier molecular flexibility index (Phi) is 4.01. The number of piperidine rings is 1. The zero-order valence-corrected chi connectivity index (χ0v) is 13.1. The Bertz CT molecular complexity index is 607. The predicted octanol–water partition coefficient (Wildman–Crippen LogP) is 2.34. The fourth-order valence-electron chi connectivity index (χ4n) is 2.57. The zero-order chi connectivity index (χ0) is 14.8. The lowest BCUT2D eigenvalue weighted by Crippen LogP contribution is -2.41. The van der Waals surface area contributed by atoms with Crippen LogP contribution in [0.3, 0.4) is 0 Å². The fourth-order valence-corrected chi connectivity index (χ4v) is 3.38. The van der Waals surface area contributed by atoms with E-state index in [1.807, 2.05) is 15.0 Å². The third-order valence-corrected chi connectivity index (χ3v) is 4.87. The molecule has 1 amide bonds. The summed E-state index contributed by atoms with van der Waals surface area (Å²) >= 11 is 1.56. The molecule has 2 aromatic rings. The monoisotopic (exact) mass is 305 g/mol. The molecule has 1 aliphatic rings. The van der Waals surface area contributed by atoms with E-state index in [2.05, 4.69) is 28.9 Å². The molecule has 1 atom stereocenters. The molecular formula is C14H19N5OS. The Morgan fingerprint density at radius 3 is 3.00 bits per heavy atom. The van der Waals surface area contributed by atoms with Crippen molar-refractivity contribution in [2.45, 2.75) is 38.6 Å². The molecule has 3 heterocycles. The maximum atomic E-state index is 12.6. The van der Waals surface area contributed by atoms with E-state index in [1.165, 1.54) is 6.33 Å². The number of rotatable bonds is 3. The van der Waals surface area contributed by atoms with Crippen molar-refractivity contribution < 1.29 is 4.79 Å². The molecule has 2 aromatic heterocycles. The summed E-state index contributed by atoms with van der Waals surface area (Å²) in [7, 11) is 0. The molecule has 1 unspecified atom stereocenters. The molecule has 6 nitrogen and oxygen atoms in total. The highest BCUT2D eigenvalue weighted by molar-refractivity contribution is 7.09. The first-order chi connectivity index (χ1) is 10.1. The summed E-state index contributed by atoms with van der Waals surface area (Å²) in [5.74, 6) is 0.392. The number of carbonyl (C=O) groups is 1. The van der Waals surface area contributed by atoms with Crippen molar-refractivity contribution in [3.8, 4) is 0 Å². The lowest BCUT2D eigenvalue weighted by Gasteiger charge is -2.32. The van der Waals surface area contributed by atoms with Gasteiger partial charge >= 0.3 is 0 Å². The number of aromatic nitrogens is 4. The van der Waals surface area contributed by atoms with E-state index in [0.717, 1.165) is 24.4 Å². The van der Waals surface area contributed by atoms with Gasteiger partial charge in [-0.05, 0) is 12.8 Å². The normalized spacial score (nSPS) is 19.2. The third-order valence-electron chi connectivity index (χ3n) is 3.73. The first-order valence-corrected chi connectivity index (χ1v) is 8.12. The van der Waals surface area contributed by atoms with Crippen LogP contribution in [-0.4, -0.2) is 43.6 Å². The predicted molar refractivity (Wildman–Crippen MR) is 80.4 cm³/mol. The summed E-state index contributed by atoms with van der Waals surface area (Å²) in [6, 6.07) is 0.216. The third kappa shape index (κ3) is 2.97. The molecule has 112 valence electrons. The van der Waals surface area contributed by atoms with E-state index in [-0.39, 0.29) is 11.9 Å². The van der Waals surface area contributed by atoms with Gasteiger partial charge in [0.15, 0.2) is 0 Å². The van der Waals surface area contributed by atoms with Gasteiger partial charge in [-0.1, -0.05) is 13.8 Å². The van der Waals surface area contributed by atoms with Crippen LogP contribution in [0.15, 0.2) is 18.0 Å². The van der Waals surface area contributed by atoms with E-state index in [9.17, 15) is 4.79 Å². The van der Waals surface area contributed by atoms with Crippen LogP contribution >= 0.6 is 11.3 Å². The van der Waals surface area contributed by atoms with Crippen molar-refractivity contribution >= 4 is 17.2 Å². The number of carbonyl (C=O) groups excluding carboxylic acids is 1. The molecule has 7 heteroatoms. The smallest absolute Gasteiger partial charge is 0.273 e. The summed E-state index contributed by atoms with van der Waals surface area (Å²) in [4.78, 5) is 22.9. The Balaban J connectivity index is 1.71. The second-order valence-corrected chi connectivity index (χ2v) is 6.54. The fraction of sp³-hybridized carbons (Fsp3) is 0.571. The number of thiazole rings is 1. The van der Waals surface area contributed by atoms with Crippen molar-refractivity contribution in [3.63, 3.8) is 0 Å². The van der Waals surface area contributed by atoms with Gasteiger partial charge in [0, 0.05) is 24.4 Å². The van der Waals surface area contributed by atoms with Gasteiger partial charge in [0.05, 0.1) is 11.0 Å². The van der Waals surface area contributed by atoms with Crippen molar-refractivity contribution in [3.05, 3.63) is 28.7 Å². The van der Waals surface area contributed by atoms with E-state index in [0.29, 0.717) is 18.2 Å². The van der Waals surface area contributed by atoms with Crippen LogP contribution in [0.4, 0.5) is 0 Å². The number of nitrogens with zero attached hydrogens (tertiary/aromatic N) is 5. The summed E-state index contributed by atoms with van der Waals surface area (Å²) in [5.41, 5.74) is 0.572. The van der Waals surface area contributed by atoms with Crippen LogP contribution in [0, 0.1) is 0 Å². The average molecular weight is 305 g/mol. The largest absolute Gasteiger partial charge is 0.335 e. The first-order valence-electron chi connectivity index (χ1n) is 7.24. The van der Waals surface area contributed by atoms with Gasteiger partial charge in [-0.25, -0.2) is 14.6 Å². The highest BCUT2D eigenvalue weighted by atomic mass is 32.1. The summed E-state index contributed by atoms with van der Waals surface area (Å²) in [5, 5.41) is 7.08. The van der Waals surface area contributed by atoms with Crippen LogP contribution in [0.5, 0.6) is 0 Å². The molecule has 1 aliphatic heterocycles. The van der Waals surface area contributed by atoms with Crippen molar-refractivity contribution in [1.29, 1.82) is 0 Å². The standard InChI is InChI=1S/C14H19N5OS/c1-10(2)13-17-12(7-21-13)14(20)18-5-3-4-11(6-18)19-9-15-8-16-19/h7-11H,3-6H2,1-2H3. The van der Waals surface area contributed by atoms with Gasteiger partial charge in [0.2, 0.25) is 0 Å². The second-order valence-electron chi connectivity index (χ2n) is 5.65. The molecule has 21 heavy (non-hydrogen) atoms. The van der Waals surface area contributed by atoms with Gasteiger partial charge in [0.25, 0.3) is 5.91 Å². The van der Waals surface area contributed by atoms with Crippen molar-refractivity contribution in [2.24, 2.45) is 0 Å². The molecule has 0 radical (unpaired) electrons. The first kappa shape index (κ1) is 14.2. The van der Waals surface area contributed by atoms with Gasteiger partial charge < -0.3 is 4.90 Å². The zero-order valence-electron chi connectivity index (χ0n) is 12.3. The second kappa shape index (κ2) is 5.93. The van der Waals surface area contributed by atoms with Crippen molar-refractivity contribution in [2.75, 3.05) is 13.1 Å². The molecular weight excluding hydrogens is 286 g/mol. The minimum atomic E-state index is 0.0305. The lowest BCUT2D eigenvalue weighted by atomic mass is 10.1. The highest BCUT2D eigenvalue weighted by Gasteiger charge is 2.27. The molecule has 0 aromatic carbocycles. The number of hydrogen-bond donors (Lipinski definition) is 0.